The molecule has 1 fully saturated rings. The van der Waals surface area contributed by atoms with E-state index >= 15 is 0 Å². The van der Waals surface area contributed by atoms with Crippen molar-refractivity contribution in [1.29, 1.82) is 0 Å². The summed E-state index contributed by atoms with van der Waals surface area (Å²) >= 11 is 0. The van der Waals surface area contributed by atoms with Crippen LogP contribution in [0.25, 0.3) is 5.76 Å². The molecule has 1 amide bonds. The average molecular weight is 541 g/mol. The molecule has 0 spiro atoms. The van der Waals surface area contributed by atoms with Crippen molar-refractivity contribution in [2.24, 2.45) is 0 Å². The van der Waals surface area contributed by atoms with Crippen LogP contribution in [-0.4, -0.2) is 58.9 Å². The van der Waals surface area contributed by atoms with E-state index in [1.54, 1.807) is 11.0 Å². The maximum absolute atomic E-state index is 13.5. The fourth-order valence-electron chi connectivity index (χ4n) is 5.49. The van der Waals surface area contributed by atoms with Crippen LogP contribution < -0.4 is 9.47 Å². The van der Waals surface area contributed by atoms with Gasteiger partial charge in [-0.1, -0.05) is 56.3 Å². The van der Waals surface area contributed by atoms with Crippen LogP contribution in [0.4, 0.5) is 0 Å². The average Bonchev–Trinajstić information content (AvgIpc) is 3.47. The number of amides is 1. The SMILES string of the molecule is CCN(CC)CCN1C(=O)C(=O)/C(=C(/O)c2ccc3c(c2)C[C@H](C)O3)[C@H]1c1cccc(OCc2ccccc2)c1. The van der Waals surface area contributed by atoms with E-state index in [9.17, 15) is 14.7 Å². The molecule has 0 saturated carbocycles. The molecule has 40 heavy (non-hydrogen) atoms. The lowest BCUT2D eigenvalue weighted by Crippen LogP contribution is -2.38. The molecule has 3 aromatic rings. The van der Waals surface area contributed by atoms with Gasteiger partial charge < -0.3 is 24.4 Å². The maximum Gasteiger partial charge on any atom is 0.295 e. The number of aliphatic hydroxyl groups excluding tert-OH is 1. The first kappa shape index (κ1) is 27.5. The van der Waals surface area contributed by atoms with Crippen LogP contribution in [0.1, 0.15) is 49.1 Å². The fourth-order valence-corrected chi connectivity index (χ4v) is 5.49. The molecule has 1 saturated heterocycles. The number of ketones is 1. The molecule has 0 unspecified atom stereocenters. The molecule has 7 heteroatoms. The standard InChI is InChI=1S/C33H36N2O5/c1-4-34(5-2)16-17-35-30(24-12-9-13-27(20-24)39-21-23-10-7-6-8-11-23)29(32(37)33(35)38)31(36)25-14-15-28-26(19-25)18-22(3)40-28/h6-15,19-20,22,30,36H,4-5,16-18,21H2,1-3H3/b31-29+/t22-,30+/m0/s1. The van der Waals surface area contributed by atoms with Crippen LogP contribution in [0.15, 0.2) is 78.4 Å². The van der Waals surface area contributed by atoms with Gasteiger partial charge in [0.1, 0.15) is 30.0 Å². The quantitative estimate of drug-likeness (QED) is 0.212. The highest BCUT2D eigenvalue weighted by Gasteiger charge is 2.46. The van der Waals surface area contributed by atoms with E-state index in [2.05, 4.69) is 18.7 Å². The van der Waals surface area contributed by atoms with Gasteiger partial charge in [0.2, 0.25) is 0 Å². The zero-order valence-electron chi connectivity index (χ0n) is 23.3. The van der Waals surface area contributed by atoms with Crippen LogP contribution in [-0.2, 0) is 22.6 Å². The molecule has 7 nitrogen and oxygen atoms in total. The first-order valence-corrected chi connectivity index (χ1v) is 14.0. The highest BCUT2D eigenvalue weighted by atomic mass is 16.5. The molecule has 2 heterocycles. The Labute approximate surface area is 235 Å². The molecule has 2 atom stereocenters. The van der Waals surface area contributed by atoms with Crippen LogP contribution in [0.3, 0.4) is 0 Å². The van der Waals surface area contributed by atoms with Gasteiger partial charge in [0.05, 0.1) is 11.6 Å². The predicted molar refractivity (Wildman–Crippen MR) is 154 cm³/mol. The van der Waals surface area contributed by atoms with Gasteiger partial charge in [-0.05, 0) is 67.0 Å². The molecule has 2 aliphatic rings. The van der Waals surface area contributed by atoms with Crippen molar-refractivity contribution in [3.05, 3.63) is 101 Å². The van der Waals surface area contributed by atoms with E-state index in [0.717, 1.165) is 36.4 Å². The Morgan fingerprint density at radius 3 is 2.55 bits per heavy atom. The van der Waals surface area contributed by atoms with Gasteiger partial charge in [-0.2, -0.15) is 0 Å². The van der Waals surface area contributed by atoms with Gasteiger partial charge in [0.15, 0.2) is 0 Å². The third-order valence-corrected chi connectivity index (χ3v) is 7.68. The summed E-state index contributed by atoms with van der Waals surface area (Å²) in [5, 5.41) is 11.5. The third-order valence-electron chi connectivity index (χ3n) is 7.68. The van der Waals surface area contributed by atoms with E-state index in [-0.39, 0.29) is 17.4 Å². The number of likely N-dealkylation sites (tertiary alicyclic amines) is 1. The van der Waals surface area contributed by atoms with Gasteiger partial charge in [0.25, 0.3) is 11.7 Å². The summed E-state index contributed by atoms with van der Waals surface area (Å²) < 4.78 is 11.9. The summed E-state index contributed by atoms with van der Waals surface area (Å²) in [5.74, 6) is -0.0512. The van der Waals surface area contributed by atoms with Gasteiger partial charge in [-0.15, -0.1) is 0 Å². The molecule has 0 bridgehead atoms. The van der Waals surface area contributed by atoms with Crippen molar-refractivity contribution in [2.45, 2.75) is 45.9 Å². The zero-order valence-corrected chi connectivity index (χ0v) is 23.3. The largest absolute Gasteiger partial charge is 0.507 e. The summed E-state index contributed by atoms with van der Waals surface area (Å²) in [7, 11) is 0. The Morgan fingerprint density at radius 1 is 1.02 bits per heavy atom. The van der Waals surface area contributed by atoms with Crippen molar-refractivity contribution >= 4 is 17.4 Å². The summed E-state index contributed by atoms with van der Waals surface area (Å²) in [5.41, 5.74) is 3.31. The number of benzene rings is 3. The van der Waals surface area contributed by atoms with Gasteiger partial charge >= 0.3 is 0 Å². The second-order valence-electron chi connectivity index (χ2n) is 10.3. The van der Waals surface area contributed by atoms with Crippen molar-refractivity contribution in [3.8, 4) is 11.5 Å². The second kappa shape index (κ2) is 12.0. The van der Waals surface area contributed by atoms with Crippen LogP contribution in [0, 0.1) is 0 Å². The van der Waals surface area contributed by atoms with Crippen LogP contribution in [0.2, 0.25) is 0 Å². The molecule has 2 aliphatic heterocycles. The fraction of sp³-hybridized carbons (Fsp3) is 0.333. The number of aliphatic hydroxyl groups is 1. The normalized spacial score (nSPS) is 19.6. The van der Waals surface area contributed by atoms with Crippen LogP contribution in [0.5, 0.6) is 11.5 Å². The number of carbonyl (C=O) groups excluding carboxylic acids is 2. The summed E-state index contributed by atoms with van der Waals surface area (Å²) in [6.45, 7) is 9.18. The molecule has 0 aliphatic carbocycles. The number of nitrogens with zero attached hydrogens (tertiary/aromatic N) is 2. The molecular formula is C33H36N2O5. The Balaban J connectivity index is 1.53. The predicted octanol–water partition coefficient (Wildman–Crippen LogP) is 5.35. The third kappa shape index (κ3) is 5.61. The number of rotatable bonds is 10. The highest BCUT2D eigenvalue weighted by molar-refractivity contribution is 6.46. The van der Waals surface area contributed by atoms with E-state index < -0.39 is 17.7 Å². The molecule has 0 radical (unpaired) electrons. The zero-order chi connectivity index (χ0) is 28.2. The lowest BCUT2D eigenvalue weighted by Gasteiger charge is -2.28. The summed E-state index contributed by atoms with van der Waals surface area (Å²) in [4.78, 5) is 30.7. The monoisotopic (exact) mass is 540 g/mol. The van der Waals surface area contributed by atoms with E-state index in [4.69, 9.17) is 9.47 Å². The summed E-state index contributed by atoms with van der Waals surface area (Å²) in [6.07, 6.45) is 0.774. The maximum atomic E-state index is 13.5. The van der Waals surface area contributed by atoms with Gasteiger partial charge in [-0.3, -0.25) is 9.59 Å². The molecule has 208 valence electrons. The smallest absolute Gasteiger partial charge is 0.295 e. The molecule has 0 aromatic heterocycles. The van der Waals surface area contributed by atoms with Gasteiger partial charge in [0, 0.05) is 25.1 Å². The Morgan fingerprint density at radius 2 is 1.80 bits per heavy atom. The first-order chi connectivity index (χ1) is 19.4. The molecule has 3 aromatic carbocycles. The number of ether oxygens (including phenoxy) is 2. The minimum Gasteiger partial charge on any atom is -0.507 e. The number of fused-ring (bicyclic) bond motifs is 1. The lowest BCUT2D eigenvalue weighted by molar-refractivity contribution is -0.140. The highest BCUT2D eigenvalue weighted by Crippen LogP contribution is 2.41. The lowest BCUT2D eigenvalue weighted by atomic mass is 9.94. The number of carbonyl (C=O) groups is 2. The number of hydrogen-bond donors (Lipinski definition) is 1. The number of hydrogen-bond acceptors (Lipinski definition) is 6. The van der Waals surface area contributed by atoms with E-state index in [0.29, 0.717) is 36.6 Å². The minimum atomic E-state index is -0.737. The van der Waals surface area contributed by atoms with Crippen molar-refractivity contribution in [1.82, 2.24) is 9.80 Å². The Hall–Kier alpha value is -4.10. The first-order valence-electron chi connectivity index (χ1n) is 14.0. The molecular weight excluding hydrogens is 504 g/mol. The molecule has 1 N–H and O–H groups in total. The number of Topliss-reactive ketones (excluding diaryl/α,β-unsaturated/α-hetero) is 1. The second-order valence-corrected chi connectivity index (χ2v) is 10.3. The Kier molecular flexibility index (Phi) is 8.21. The van der Waals surface area contributed by atoms with Crippen molar-refractivity contribution in [2.75, 3.05) is 26.2 Å². The van der Waals surface area contributed by atoms with Crippen LogP contribution >= 0.6 is 0 Å². The van der Waals surface area contributed by atoms with Crippen molar-refractivity contribution < 1.29 is 24.2 Å². The summed E-state index contributed by atoms with van der Waals surface area (Å²) in [6, 6.07) is 22.0. The van der Waals surface area contributed by atoms with E-state index in [1.165, 1.54) is 0 Å². The van der Waals surface area contributed by atoms with E-state index in [1.807, 2.05) is 73.7 Å². The van der Waals surface area contributed by atoms with Gasteiger partial charge in [-0.25, -0.2) is 0 Å². The minimum absolute atomic E-state index is 0.0525. The molecule has 5 rings (SSSR count). The Bertz CT molecular complexity index is 1410. The topological polar surface area (TPSA) is 79.3 Å². The van der Waals surface area contributed by atoms with Crippen molar-refractivity contribution in [3.63, 3.8) is 0 Å². The number of likely N-dealkylation sites (N-methyl/N-ethyl adjacent to an activating group) is 1.